The van der Waals surface area contributed by atoms with Gasteiger partial charge in [0.1, 0.15) is 11.9 Å². The second kappa shape index (κ2) is 9.13. The Hall–Kier alpha value is -3.17. The summed E-state index contributed by atoms with van der Waals surface area (Å²) in [6.07, 6.45) is 8.26. The fourth-order valence-corrected chi connectivity index (χ4v) is 6.46. The van der Waals surface area contributed by atoms with E-state index in [-0.39, 0.29) is 17.8 Å². The van der Waals surface area contributed by atoms with Gasteiger partial charge in [-0.3, -0.25) is 9.69 Å². The lowest BCUT2D eigenvalue weighted by Gasteiger charge is -2.37. The van der Waals surface area contributed by atoms with Crippen LogP contribution in [0.25, 0.3) is 0 Å². The number of rotatable bonds is 6. The Morgan fingerprint density at radius 3 is 2.69 bits per heavy atom. The van der Waals surface area contributed by atoms with Crippen molar-refractivity contribution in [3.05, 3.63) is 36.4 Å². The number of anilines is 2. The minimum absolute atomic E-state index is 0.256. The van der Waals surface area contributed by atoms with Crippen LogP contribution in [0.5, 0.6) is 0 Å². The topological polar surface area (TPSA) is 83.8 Å². The van der Waals surface area contributed by atoms with Gasteiger partial charge in [0.2, 0.25) is 5.91 Å². The fraction of sp³-hybridized carbons (Fsp3) is 0.600. The summed E-state index contributed by atoms with van der Waals surface area (Å²) in [7, 11) is 0. The van der Waals surface area contributed by atoms with Crippen LogP contribution in [-0.2, 0) is 16.1 Å². The van der Waals surface area contributed by atoms with E-state index in [1.54, 1.807) is 29.2 Å². The van der Waals surface area contributed by atoms with Gasteiger partial charge in [-0.05, 0) is 55.2 Å². The molecule has 0 spiro atoms. The summed E-state index contributed by atoms with van der Waals surface area (Å²) in [4.78, 5) is 30.6. The summed E-state index contributed by atoms with van der Waals surface area (Å²) >= 11 is 0. The summed E-state index contributed by atoms with van der Waals surface area (Å²) in [5.41, 5.74) is 0.970. The van der Waals surface area contributed by atoms with Crippen molar-refractivity contribution in [3.63, 3.8) is 0 Å². The number of halogens is 1. The zero-order valence-electron chi connectivity index (χ0n) is 19.8. The van der Waals surface area contributed by atoms with Crippen LogP contribution in [0.1, 0.15) is 32.1 Å². The number of carbonyl (C=O) groups is 2. The number of ether oxygens (including phenoxy) is 1. The van der Waals surface area contributed by atoms with E-state index in [1.807, 2.05) is 9.80 Å². The smallest absolute Gasteiger partial charge is 0.414 e. The van der Waals surface area contributed by atoms with Crippen molar-refractivity contribution >= 4 is 23.4 Å². The number of cyclic esters (lactones) is 1. The van der Waals surface area contributed by atoms with Crippen molar-refractivity contribution in [1.29, 1.82) is 0 Å². The average Bonchev–Trinajstić information content (AvgIpc) is 3.66. The predicted octanol–water partition coefficient (Wildman–Crippen LogP) is 2.92. The maximum atomic E-state index is 15.1. The molecule has 2 bridgehead atoms. The van der Waals surface area contributed by atoms with E-state index in [1.165, 1.54) is 36.6 Å². The zero-order valence-corrected chi connectivity index (χ0v) is 19.8. The molecule has 2 saturated carbocycles. The fourth-order valence-electron chi connectivity index (χ4n) is 6.46. The molecule has 1 aromatic carbocycles. The van der Waals surface area contributed by atoms with E-state index in [0.717, 1.165) is 11.8 Å². The van der Waals surface area contributed by atoms with E-state index in [2.05, 4.69) is 10.3 Å². The lowest BCUT2D eigenvalue weighted by molar-refractivity contribution is -0.132. The molecule has 6 rings (SSSR count). The number of nitrogens with zero attached hydrogens (tertiary/aromatic N) is 6. The first-order chi connectivity index (χ1) is 17.0. The highest BCUT2D eigenvalue weighted by Gasteiger charge is 2.41. The van der Waals surface area contributed by atoms with Crippen LogP contribution in [0, 0.1) is 23.6 Å². The summed E-state index contributed by atoms with van der Waals surface area (Å²) < 4.78 is 22.1. The highest BCUT2D eigenvalue weighted by atomic mass is 19.1. The van der Waals surface area contributed by atoms with E-state index >= 15 is 4.39 Å². The lowest BCUT2D eigenvalue weighted by atomic mass is 9.86. The number of aromatic nitrogens is 3. The Bertz CT molecular complexity index is 1090. The van der Waals surface area contributed by atoms with Crippen LogP contribution in [0.15, 0.2) is 30.6 Å². The highest BCUT2D eigenvalue weighted by Crippen LogP contribution is 2.49. The molecule has 2 aromatic rings. The predicted molar refractivity (Wildman–Crippen MR) is 126 cm³/mol. The van der Waals surface area contributed by atoms with Gasteiger partial charge in [0.25, 0.3) is 0 Å². The van der Waals surface area contributed by atoms with Crippen LogP contribution in [0.4, 0.5) is 20.6 Å². The number of benzene rings is 1. The van der Waals surface area contributed by atoms with Gasteiger partial charge in [0.05, 0.1) is 30.7 Å². The summed E-state index contributed by atoms with van der Waals surface area (Å²) in [6, 6.07) is 4.86. The molecule has 0 N–H and O–H groups in total. The number of fused-ring (bicyclic) bond motifs is 2. The Morgan fingerprint density at radius 2 is 2.00 bits per heavy atom. The maximum Gasteiger partial charge on any atom is 0.414 e. The number of carbonyl (C=O) groups excluding carboxylic acids is 2. The number of amides is 2. The molecule has 186 valence electrons. The first-order valence-corrected chi connectivity index (χ1v) is 12.7. The van der Waals surface area contributed by atoms with Gasteiger partial charge < -0.3 is 14.5 Å². The quantitative estimate of drug-likeness (QED) is 0.630. The van der Waals surface area contributed by atoms with Crippen LogP contribution in [0.2, 0.25) is 0 Å². The van der Waals surface area contributed by atoms with Gasteiger partial charge in [0.15, 0.2) is 0 Å². The third-order valence-electron chi connectivity index (χ3n) is 8.27. The first kappa shape index (κ1) is 22.3. The van der Waals surface area contributed by atoms with Crippen LogP contribution in [0.3, 0.4) is 0 Å². The Labute approximate surface area is 203 Å². The molecule has 4 fully saturated rings. The molecule has 2 aliphatic carbocycles. The summed E-state index contributed by atoms with van der Waals surface area (Å²) in [5.74, 6) is 2.05. The Morgan fingerprint density at radius 1 is 1.14 bits per heavy atom. The molecule has 2 amide bonds. The van der Waals surface area contributed by atoms with Crippen molar-refractivity contribution in [2.24, 2.45) is 17.8 Å². The molecule has 0 unspecified atom stereocenters. The molecule has 3 heterocycles. The molecule has 4 aliphatic rings. The molecule has 2 saturated heterocycles. The second-order valence-corrected chi connectivity index (χ2v) is 10.4. The second-order valence-electron chi connectivity index (χ2n) is 10.4. The van der Waals surface area contributed by atoms with E-state index < -0.39 is 6.09 Å². The van der Waals surface area contributed by atoms with Gasteiger partial charge >= 0.3 is 6.09 Å². The standard InChI is InChI=1S/C25H31FN6O3/c26-22-14-20(32-16-21(35-25(32)34)15-31-6-5-27-28-31)3-4-23(22)29-7-9-30(10-8-29)24(33)13-19-12-17-1-2-18(19)11-17/h3-6,14,17-19,21H,1-2,7-13,15-16H2/t17-,18+,19-,21+/m1/s1. The van der Waals surface area contributed by atoms with Gasteiger partial charge in [-0.15, -0.1) is 5.10 Å². The highest BCUT2D eigenvalue weighted by molar-refractivity contribution is 5.90. The zero-order chi connectivity index (χ0) is 23.9. The number of hydrogen-bond acceptors (Lipinski definition) is 6. The van der Waals surface area contributed by atoms with Crippen molar-refractivity contribution in [2.75, 3.05) is 42.5 Å². The van der Waals surface area contributed by atoms with E-state index in [9.17, 15) is 9.59 Å². The van der Waals surface area contributed by atoms with Crippen molar-refractivity contribution in [2.45, 2.75) is 44.8 Å². The van der Waals surface area contributed by atoms with E-state index in [4.69, 9.17) is 4.74 Å². The number of hydrogen-bond donors (Lipinski definition) is 0. The van der Waals surface area contributed by atoms with Gasteiger partial charge in [-0.25, -0.2) is 13.9 Å². The maximum absolute atomic E-state index is 15.1. The Kier molecular flexibility index (Phi) is 5.82. The molecule has 0 radical (unpaired) electrons. The van der Waals surface area contributed by atoms with Crippen LogP contribution < -0.4 is 9.80 Å². The average molecular weight is 483 g/mol. The molecular weight excluding hydrogens is 451 g/mol. The normalized spacial score (nSPS) is 28.1. The molecule has 35 heavy (non-hydrogen) atoms. The molecule has 9 nitrogen and oxygen atoms in total. The van der Waals surface area contributed by atoms with Crippen LogP contribution >= 0.6 is 0 Å². The molecule has 10 heteroatoms. The monoisotopic (exact) mass is 482 g/mol. The molecule has 4 atom stereocenters. The summed E-state index contributed by atoms with van der Waals surface area (Å²) in [5, 5.41) is 7.65. The largest absolute Gasteiger partial charge is 0.442 e. The minimum atomic E-state index is -0.495. The Balaban J connectivity index is 1.04. The molecular formula is C25H31FN6O3. The van der Waals surface area contributed by atoms with Crippen LogP contribution in [-0.4, -0.2) is 70.7 Å². The third kappa shape index (κ3) is 4.46. The lowest BCUT2D eigenvalue weighted by Crippen LogP contribution is -2.49. The summed E-state index contributed by atoms with van der Waals surface area (Å²) in [6.45, 7) is 3.15. The van der Waals surface area contributed by atoms with Crippen molar-refractivity contribution in [1.82, 2.24) is 19.9 Å². The molecule has 1 aromatic heterocycles. The molecule has 2 aliphatic heterocycles. The van der Waals surface area contributed by atoms with Crippen molar-refractivity contribution in [3.8, 4) is 0 Å². The van der Waals surface area contributed by atoms with Crippen molar-refractivity contribution < 1.29 is 18.7 Å². The van der Waals surface area contributed by atoms with Gasteiger partial charge in [-0.2, -0.15) is 0 Å². The minimum Gasteiger partial charge on any atom is -0.442 e. The number of piperazine rings is 1. The van der Waals surface area contributed by atoms with E-state index in [0.29, 0.717) is 63.0 Å². The van der Waals surface area contributed by atoms with Gasteiger partial charge in [-0.1, -0.05) is 11.6 Å². The first-order valence-electron chi connectivity index (χ1n) is 12.7. The SMILES string of the molecule is O=C(C[C@H]1C[C@@H]2CC[C@H]1C2)N1CCN(c2ccc(N3C[C@H](Cn4ccnn4)OC3=O)cc2F)CC1. The third-order valence-corrected chi connectivity index (χ3v) is 8.27. The van der Waals surface area contributed by atoms with Gasteiger partial charge in [0, 0.05) is 38.8 Å².